The second-order valence-electron chi connectivity index (χ2n) is 14.9. The van der Waals surface area contributed by atoms with Gasteiger partial charge in [-0.2, -0.15) is 0 Å². The number of esters is 2. The number of ether oxygens (including phenoxy) is 2. The van der Waals surface area contributed by atoms with Crippen molar-refractivity contribution in [2.45, 2.75) is 206 Å². The Morgan fingerprint density at radius 1 is 0.536 bits per heavy atom. The van der Waals surface area contributed by atoms with Crippen LogP contribution in [0.4, 0.5) is 0 Å². The van der Waals surface area contributed by atoms with Gasteiger partial charge in [0.1, 0.15) is 6.61 Å². The number of phosphoric ester groups is 1. The minimum Gasteiger partial charge on any atom is -0.462 e. The van der Waals surface area contributed by atoms with E-state index in [4.69, 9.17) is 24.3 Å². The quantitative estimate of drug-likeness (QED) is 0.0267. The highest BCUT2D eigenvalue weighted by Gasteiger charge is 2.26. The van der Waals surface area contributed by atoms with Crippen molar-refractivity contribution in [1.82, 2.24) is 0 Å². The lowest BCUT2D eigenvalue weighted by atomic mass is 10.1. The number of carbonyl (C=O) groups is 2. The van der Waals surface area contributed by atoms with Crippen molar-refractivity contribution in [3.63, 3.8) is 0 Å². The molecule has 0 rings (SSSR count). The van der Waals surface area contributed by atoms with Crippen molar-refractivity contribution in [3.05, 3.63) is 48.6 Å². The van der Waals surface area contributed by atoms with Crippen LogP contribution in [-0.4, -0.2) is 49.3 Å². The minimum atomic E-state index is -4.38. The summed E-state index contributed by atoms with van der Waals surface area (Å²) in [5, 5.41) is 0. The molecule has 0 aromatic heterocycles. The maximum atomic E-state index is 12.6. The molecule has 56 heavy (non-hydrogen) atoms. The van der Waals surface area contributed by atoms with Crippen LogP contribution >= 0.6 is 7.82 Å². The van der Waals surface area contributed by atoms with Crippen LogP contribution in [-0.2, 0) is 32.7 Å². The summed E-state index contributed by atoms with van der Waals surface area (Å²) in [6.07, 6.45) is 48.6. The number of nitrogens with two attached hydrogens (primary N) is 1. The van der Waals surface area contributed by atoms with E-state index in [-0.39, 0.29) is 32.6 Å². The van der Waals surface area contributed by atoms with Gasteiger partial charge < -0.3 is 20.1 Å². The molecule has 2 atom stereocenters. The molecule has 0 aliphatic carbocycles. The molecule has 0 aliphatic rings. The first-order valence-corrected chi connectivity index (χ1v) is 24.1. The number of phosphoric acid groups is 1. The fourth-order valence-corrected chi connectivity index (χ4v) is 6.81. The van der Waals surface area contributed by atoms with Gasteiger partial charge in [-0.25, -0.2) is 4.57 Å². The highest BCUT2D eigenvalue weighted by Crippen LogP contribution is 2.43. The van der Waals surface area contributed by atoms with Crippen LogP contribution in [0.1, 0.15) is 200 Å². The van der Waals surface area contributed by atoms with Crippen molar-refractivity contribution in [2.75, 3.05) is 26.4 Å². The zero-order valence-corrected chi connectivity index (χ0v) is 36.8. The molecule has 0 fully saturated rings. The summed E-state index contributed by atoms with van der Waals surface area (Å²) in [5.74, 6) is -0.848. The van der Waals surface area contributed by atoms with Gasteiger partial charge in [-0.3, -0.25) is 18.6 Å². The van der Waals surface area contributed by atoms with Crippen LogP contribution in [0.3, 0.4) is 0 Å². The van der Waals surface area contributed by atoms with Gasteiger partial charge in [-0.15, -0.1) is 0 Å². The van der Waals surface area contributed by atoms with Crippen molar-refractivity contribution in [3.8, 4) is 0 Å². The molecule has 326 valence electrons. The molecule has 0 radical (unpaired) electrons. The summed E-state index contributed by atoms with van der Waals surface area (Å²) in [6, 6.07) is 0. The predicted octanol–water partition coefficient (Wildman–Crippen LogP) is 13.1. The van der Waals surface area contributed by atoms with Gasteiger partial charge in [0, 0.05) is 19.4 Å². The van der Waals surface area contributed by atoms with Crippen LogP contribution in [0.25, 0.3) is 0 Å². The van der Waals surface area contributed by atoms with Crippen LogP contribution < -0.4 is 5.73 Å². The topological polar surface area (TPSA) is 134 Å². The Kier molecular flexibility index (Phi) is 41.0. The first-order valence-electron chi connectivity index (χ1n) is 22.6. The fraction of sp³-hybridized carbons (Fsp3) is 0.783. The maximum absolute atomic E-state index is 12.6. The molecule has 0 aromatic carbocycles. The van der Waals surface area contributed by atoms with Gasteiger partial charge in [0.05, 0.1) is 13.2 Å². The number of allylic oxidation sites excluding steroid dienone is 8. The van der Waals surface area contributed by atoms with E-state index in [9.17, 15) is 19.0 Å². The molecule has 0 amide bonds. The summed E-state index contributed by atoms with van der Waals surface area (Å²) in [5.41, 5.74) is 5.35. The smallest absolute Gasteiger partial charge is 0.462 e. The Labute approximate surface area is 343 Å². The van der Waals surface area contributed by atoms with Gasteiger partial charge in [-0.1, -0.05) is 159 Å². The van der Waals surface area contributed by atoms with E-state index in [1.807, 2.05) is 0 Å². The molecule has 0 spiro atoms. The molecule has 0 heterocycles. The van der Waals surface area contributed by atoms with E-state index in [1.54, 1.807) is 0 Å². The average molecular weight is 810 g/mol. The lowest BCUT2D eigenvalue weighted by Gasteiger charge is -2.19. The van der Waals surface area contributed by atoms with E-state index in [1.165, 1.54) is 89.9 Å². The fourth-order valence-electron chi connectivity index (χ4n) is 6.05. The number of unbranched alkanes of at least 4 members (excludes halogenated alkanes) is 21. The molecule has 3 N–H and O–H groups in total. The third kappa shape index (κ3) is 41.6. The highest BCUT2D eigenvalue weighted by molar-refractivity contribution is 7.47. The molecule has 10 heteroatoms. The van der Waals surface area contributed by atoms with Crippen LogP contribution in [0.15, 0.2) is 48.6 Å². The molecular weight excluding hydrogens is 725 g/mol. The number of rotatable bonds is 42. The molecule has 0 saturated carbocycles. The summed E-state index contributed by atoms with van der Waals surface area (Å²) in [6.45, 7) is 3.68. The highest BCUT2D eigenvalue weighted by atomic mass is 31.2. The van der Waals surface area contributed by atoms with E-state index < -0.39 is 32.5 Å². The predicted molar refractivity (Wildman–Crippen MR) is 233 cm³/mol. The minimum absolute atomic E-state index is 0.0496. The molecular formula is C46H84NO8P. The lowest BCUT2D eigenvalue weighted by molar-refractivity contribution is -0.161. The van der Waals surface area contributed by atoms with E-state index in [0.717, 1.165) is 77.0 Å². The van der Waals surface area contributed by atoms with Crippen LogP contribution in [0.2, 0.25) is 0 Å². The molecule has 9 nitrogen and oxygen atoms in total. The van der Waals surface area contributed by atoms with Gasteiger partial charge in [0.25, 0.3) is 0 Å². The first kappa shape index (κ1) is 54.0. The van der Waals surface area contributed by atoms with Crippen LogP contribution in [0.5, 0.6) is 0 Å². The Bertz CT molecular complexity index is 1060. The van der Waals surface area contributed by atoms with E-state index in [0.29, 0.717) is 6.42 Å². The first-order chi connectivity index (χ1) is 27.3. The molecule has 2 unspecified atom stereocenters. The van der Waals surface area contributed by atoms with Crippen molar-refractivity contribution in [2.24, 2.45) is 5.73 Å². The number of hydrogen-bond donors (Lipinski definition) is 2. The third-order valence-electron chi connectivity index (χ3n) is 9.44. The summed E-state index contributed by atoms with van der Waals surface area (Å²) in [7, 11) is -4.38. The zero-order valence-electron chi connectivity index (χ0n) is 35.9. The van der Waals surface area contributed by atoms with Crippen LogP contribution in [0, 0.1) is 0 Å². The zero-order chi connectivity index (χ0) is 41.1. The Hall–Kier alpha value is -2.03. The number of carbonyl (C=O) groups excluding carboxylic acids is 2. The Morgan fingerprint density at radius 3 is 1.43 bits per heavy atom. The van der Waals surface area contributed by atoms with Crippen molar-refractivity contribution in [1.29, 1.82) is 0 Å². The Balaban J connectivity index is 4.11. The second kappa shape index (κ2) is 42.6. The monoisotopic (exact) mass is 810 g/mol. The largest absolute Gasteiger partial charge is 0.472 e. The van der Waals surface area contributed by atoms with Crippen molar-refractivity contribution < 1.29 is 37.6 Å². The lowest BCUT2D eigenvalue weighted by Crippen LogP contribution is -2.29. The second-order valence-corrected chi connectivity index (χ2v) is 16.4. The molecule has 0 aliphatic heterocycles. The summed E-state index contributed by atoms with van der Waals surface area (Å²) in [4.78, 5) is 34.9. The Morgan fingerprint density at radius 2 is 0.929 bits per heavy atom. The molecule has 0 aromatic rings. The van der Waals surface area contributed by atoms with Gasteiger partial charge in [-0.05, 0) is 77.0 Å². The van der Waals surface area contributed by atoms with E-state index >= 15 is 0 Å². The van der Waals surface area contributed by atoms with E-state index in [2.05, 4.69) is 62.5 Å². The van der Waals surface area contributed by atoms with Gasteiger partial charge >= 0.3 is 19.8 Å². The average Bonchev–Trinajstić information content (AvgIpc) is 3.18. The standard InChI is InChI=1S/C46H84NO8P/c1-3-5-7-9-11-13-15-17-18-19-20-21-22-23-24-25-26-27-29-31-33-35-37-39-46(49)55-44(43-54-56(50,51)53-41-40-47)42-52-45(48)38-36-34-32-30-28-16-14-12-10-8-6-4-2/h12,14-15,17,19-20,22-23,44H,3-11,13,16,18,21,24-43,47H2,1-2H3,(H,50,51)/b14-12-,17-15-,20-19-,23-22-. The summed E-state index contributed by atoms with van der Waals surface area (Å²) < 4.78 is 32.8. The van der Waals surface area contributed by atoms with Gasteiger partial charge in [0.2, 0.25) is 0 Å². The number of hydrogen-bond acceptors (Lipinski definition) is 8. The summed E-state index contributed by atoms with van der Waals surface area (Å²) >= 11 is 0. The van der Waals surface area contributed by atoms with Crippen molar-refractivity contribution >= 4 is 19.8 Å². The maximum Gasteiger partial charge on any atom is 0.472 e. The molecule has 0 saturated heterocycles. The molecule has 0 bridgehead atoms. The SMILES string of the molecule is CCCCC/C=C\CCCCCCCC(=O)OCC(COP(=O)(O)OCCN)OC(=O)CCCCCCCCCC/C=C\C/C=C\C/C=C\CCCCCCC. The van der Waals surface area contributed by atoms with Gasteiger partial charge in [0.15, 0.2) is 6.10 Å². The normalized spacial score (nSPS) is 13.7. The third-order valence-corrected chi connectivity index (χ3v) is 10.4.